The second-order valence-corrected chi connectivity index (χ2v) is 6.85. The van der Waals surface area contributed by atoms with Crippen LogP contribution in [0.15, 0.2) is 36.4 Å². The lowest BCUT2D eigenvalue weighted by Gasteiger charge is -2.29. The summed E-state index contributed by atoms with van der Waals surface area (Å²) in [5, 5.41) is 2.96. The van der Waals surface area contributed by atoms with Crippen LogP contribution in [0.3, 0.4) is 0 Å². The first kappa shape index (κ1) is 19.3. The van der Waals surface area contributed by atoms with Crippen LogP contribution < -0.4 is 10.1 Å². The summed E-state index contributed by atoms with van der Waals surface area (Å²) in [5.41, 5.74) is 0.914. The van der Waals surface area contributed by atoms with Crippen LogP contribution in [0.4, 0.5) is 10.1 Å². The first-order chi connectivity index (χ1) is 13.1. The third kappa shape index (κ3) is 4.11. The first-order valence-corrected chi connectivity index (χ1v) is 9.23. The molecule has 144 valence electrons. The molecule has 1 aromatic heterocycles. The Hall–Kier alpha value is -2.47. The normalized spacial score (nSPS) is 15.5. The van der Waals surface area contributed by atoms with Crippen molar-refractivity contribution in [2.75, 3.05) is 25.6 Å². The standard InChI is InChI=1S/C21H25FN2O3/c1-15-18(9-10-19(23-15)27-14-13-26-2)24-20(25)21(11-5-6-12-21)16-7-3-4-8-17(16)22/h3-4,7-10H,5-6,11-14H2,1-2H3,(H,24,25). The molecule has 1 aromatic carbocycles. The van der Waals surface area contributed by atoms with Crippen LogP contribution in [0.5, 0.6) is 5.88 Å². The number of amides is 1. The number of hydrogen-bond donors (Lipinski definition) is 1. The molecule has 0 saturated heterocycles. The molecule has 2 aromatic rings. The van der Waals surface area contributed by atoms with E-state index >= 15 is 0 Å². The number of nitrogens with one attached hydrogen (secondary N) is 1. The van der Waals surface area contributed by atoms with Crippen molar-refractivity contribution in [3.05, 3.63) is 53.5 Å². The number of carbonyl (C=O) groups excluding carboxylic acids is 1. The molecule has 0 atom stereocenters. The summed E-state index contributed by atoms with van der Waals surface area (Å²) in [6, 6.07) is 10.1. The van der Waals surface area contributed by atoms with E-state index in [2.05, 4.69) is 10.3 Å². The lowest BCUT2D eigenvalue weighted by Crippen LogP contribution is -2.39. The summed E-state index contributed by atoms with van der Waals surface area (Å²) in [4.78, 5) is 17.6. The van der Waals surface area contributed by atoms with Crippen LogP contribution in [-0.2, 0) is 14.9 Å². The van der Waals surface area contributed by atoms with Crippen molar-refractivity contribution < 1.29 is 18.7 Å². The molecule has 1 N–H and O–H groups in total. The number of ether oxygens (including phenoxy) is 2. The molecule has 1 heterocycles. The summed E-state index contributed by atoms with van der Waals surface area (Å²) < 4.78 is 24.9. The molecular weight excluding hydrogens is 347 g/mol. The molecule has 5 nitrogen and oxygen atoms in total. The van der Waals surface area contributed by atoms with Gasteiger partial charge < -0.3 is 14.8 Å². The molecule has 1 fully saturated rings. The van der Waals surface area contributed by atoms with Gasteiger partial charge in [0.25, 0.3) is 0 Å². The quantitative estimate of drug-likeness (QED) is 0.746. The Morgan fingerprint density at radius 3 is 2.59 bits per heavy atom. The summed E-state index contributed by atoms with van der Waals surface area (Å²) >= 11 is 0. The molecular formula is C21H25FN2O3. The average Bonchev–Trinajstić information content (AvgIpc) is 3.15. The van der Waals surface area contributed by atoms with E-state index in [0.29, 0.717) is 48.9 Å². The van der Waals surface area contributed by atoms with Crippen LogP contribution in [0.25, 0.3) is 0 Å². The number of carbonyl (C=O) groups is 1. The maximum atomic E-state index is 14.4. The van der Waals surface area contributed by atoms with Gasteiger partial charge in [-0.15, -0.1) is 0 Å². The Morgan fingerprint density at radius 1 is 1.19 bits per heavy atom. The maximum absolute atomic E-state index is 14.4. The van der Waals surface area contributed by atoms with E-state index < -0.39 is 5.41 Å². The van der Waals surface area contributed by atoms with Gasteiger partial charge in [-0.1, -0.05) is 31.0 Å². The van der Waals surface area contributed by atoms with Gasteiger partial charge in [-0.3, -0.25) is 4.79 Å². The van der Waals surface area contributed by atoms with E-state index in [0.717, 1.165) is 12.8 Å². The van der Waals surface area contributed by atoms with E-state index in [-0.39, 0.29) is 11.7 Å². The number of pyridine rings is 1. The average molecular weight is 372 g/mol. The first-order valence-electron chi connectivity index (χ1n) is 9.23. The van der Waals surface area contributed by atoms with Gasteiger partial charge in [-0.05, 0) is 31.9 Å². The molecule has 0 spiro atoms. The van der Waals surface area contributed by atoms with Gasteiger partial charge in [0, 0.05) is 18.7 Å². The fourth-order valence-corrected chi connectivity index (χ4v) is 3.67. The molecule has 1 aliphatic rings. The number of aromatic nitrogens is 1. The van der Waals surface area contributed by atoms with Crippen molar-refractivity contribution in [1.29, 1.82) is 0 Å². The highest BCUT2D eigenvalue weighted by atomic mass is 19.1. The molecule has 1 amide bonds. The van der Waals surface area contributed by atoms with Crippen LogP contribution in [0.2, 0.25) is 0 Å². The molecule has 1 saturated carbocycles. The predicted molar refractivity (Wildman–Crippen MR) is 102 cm³/mol. The minimum atomic E-state index is -0.828. The molecule has 1 aliphatic carbocycles. The highest BCUT2D eigenvalue weighted by molar-refractivity contribution is 5.99. The molecule has 6 heteroatoms. The molecule has 27 heavy (non-hydrogen) atoms. The van der Waals surface area contributed by atoms with E-state index in [1.807, 2.05) is 6.92 Å². The second kappa shape index (κ2) is 8.48. The van der Waals surface area contributed by atoms with Gasteiger partial charge >= 0.3 is 0 Å². The monoisotopic (exact) mass is 372 g/mol. The number of rotatable bonds is 7. The number of methoxy groups -OCH3 is 1. The third-order valence-electron chi connectivity index (χ3n) is 5.13. The zero-order chi connectivity index (χ0) is 19.3. The van der Waals surface area contributed by atoms with Gasteiger partial charge in [0.2, 0.25) is 11.8 Å². The van der Waals surface area contributed by atoms with E-state index in [4.69, 9.17) is 9.47 Å². The van der Waals surface area contributed by atoms with Crippen LogP contribution in [0.1, 0.15) is 36.9 Å². The minimum Gasteiger partial charge on any atom is -0.475 e. The molecule has 0 bridgehead atoms. The van der Waals surface area contributed by atoms with Crippen molar-refractivity contribution in [3.8, 4) is 5.88 Å². The summed E-state index contributed by atoms with van der Waals surface area (Å²) in [5.74, 6) is -0.0263. The van der Waals surface area contributed by atoms with Crippen LogP contribution in [-0.4, -0.2) is 31.2 Å². The third-order valence-corrected chi connectivity index (χ3v) is 5.13. The summed E-state index contributed by atoms with van der Waals surface area (Å²) in [7, 11) is 1.61. The fourth-order valence-electron chi connectivity index (χ4n) is 3.67. The van der Waals surface area contributed by atoms with Gasteiger partial charge in [0.05, 0.1) is 23.4 Å². The number of benzene rings is 1. The van der Waals surface area contributed by atoms with E-state index in [1.165, 1.54) is 6.07 Å². The Kier molecular flexibility index (Phi) is 6.06. The van der Waals surface area contributed by atoms with Gasteiger partial charge in [-0.2, -0.15) is 0 Å². The fraction of sp³-hybridized carbons (Fsp3) is 0.429. The Morgan fingerprint density at radius 2 is 1.93 bits per heavy atom. The van der Waals surface area contributed by atoms with Crippen molar-refractivity contribution in [2.24, 2.45) is 0 Å². The van der Waals surface area contributed by atoms with Crippen molar-refractivity contribution in [1.82, 2.24) is 4.98 Å². The summed E-state index contributed by atoms with van der Waals surface area (Å²) in [6.45, 7) is 2.69. The smallest absolute Gasteiger partial charge is 0.235 e. The molecule has 0 radical (unpaired) electrons. The Balaban J connectivity index is 1.80. The topological polar surface area (TPSA) is 60.5 Å². The number of anilines is 1. The largest absolute Gasteiger partial charge is 0.475 e. The molecule has 0 aliphatic heterocycles. The Bertz CT molecular complexity index is 804. The summed E-state index contributed by atoms with van der Waals surface area (Å²) in [6.07, 6.45) is 3.10. The lowest BCUT2D eigenvalue weighted by molar-refractivity contribution is -0.121. The zero-order valence-corrected chi connectivity index (χ0v) is 15.8. The highest BCUT2D eigenvalue weighted by Gasteiger charge is 2.44. The van der Waals surface area contributed by atoms with Gasteiger partial charge in [0.15, 0.2) is 0 Å². The number of nitrogens with zero attached hydrogens (tertiary/aromatic N) is 1. The van der Waals surface area contributed by atoms with Crippen molar-refractivity contribution in [2.45, 2.75) is 38.0 Å². The molecule has 0 unspecified atom stereocenters. The predicted octanol–water partition coefficient (Wildman–Crippen LogP) is 4.00. The van der Waals surface area contributed by atoms with Crippen LogP contribution >= 0.6 is 0 Å². The van der Waals surface area contributed by atoms with Crippen molar-refractivity contribution in [3.63, 3.8) is 0 Å². The van der Waals surface area contributed by atoms with E-state index in [9.17, 15) is 9.18 Å². The number of hydrogen-bond acceptors (Lipinski definition) is 4. The Labute approximate surface area is 158 Å². The maximum Gasteiger partial charge on any atom is 0.235 e. The lowest BCUT2D eigenvalue weighted by atomic mass is 9.77. The second-order valence-electron chi connectivity index (χ2n) is 6.85. The number of aryl methyl sites for hydroxylation is 1. The molecule has 3 rings (SSSR count). The van der Waals surface area contributed by atoms with E-state index in [1.54, 1.807) is 37.4 Å². The number of halogens is 1. The SMILES string of the molecule is COCCOc1ccc(NC(=O)C2(c3ccccc3F)CCCC2)c(C)n1. The van der Waals surface area contributed by atoms with Gasteiger partial charge in [0.1, 0.15) is 12.4 Å². The zero-order valence-electron chi connectivity index (χ0n) is 15.8. The van der Waals surface area contributed by atoms with Gasteiger partial charge in [-0.25, -0.2) is 9.37 Å². The van der Waals surface area contributed by atoms with Crippen molar-refractivity contribution >= 4 is 11.6 Å². The highest BCUT2D eigenvalue weighted by Crippen LogP contribution is 2.43. The minimum absolute atomic E-state index is 0.178. The van der Waals surface area contributed by atoms with Crippen LogP contribution in [0, 0.1) is 12.7 Å².